The maximum atomic E-state index is 13.4. The van der Waals surface area contributed by atoms with Crippen LogP contribution in [0.2, 0.25) is 0 Å². The zero-order valence-corrected chi connectivity index (χ0v) is 22.0. The zero-order chi connectivity index (χ0) is 27.6. The number of ether oxygens (including phenoxy) is 1. The molecule has 7 heteroatoms. The highest BCUT2D eigenvalue weighted by molar-refractivity contribution is 6.06. The lowest BCUT2D eigenvalue weighted by atomic mass is 9.83. The fraction of sp³-hybridized carbons (Fsp3) is 0.367. The Hall–Kier alpha value is -3.71. The number of hydrogen-bond donors (Lipinski definition) is 5. The summed E-state index contributed by atoms with van der Waals surface area (Å²) in [5.41, 5.74) is 3.35. The number of aliphatic hydroxyl groups is 1. The Bertz CT molecular complexity index is 1280. The molecular formula is C30H36O7. The Labute approximate surface area is 217 Å². The van der Waals surface area contributed by atoms with E-state index in [0.29, 0.717) is 12.0 Å². The van der Waals surface area contributed by atoms with Crippen molar-refractivity contribution in [2.45, 2.75) is 66.1 Å². The number of rotatable bonds is 8. The second kappa shape index (κ2) is 11.1. The Kier molecular flexibility index (Phi) is 8.39. The monoisotopic (exact) mass is 508 g/mol. The third-order valence-electron chi connectivity index (χ3n) is 6.64. The van der Waals surface area contributed by atoms with Crippen LogP contribution < -0.4 is 4.74 Å². The van der Waals surface area contributed by atoms with Gasteiger partial charge in [0.15, 0.2) is 12.2 Å². The minimum atomic E-state index is -1.73. The average molecular weight is 509 g/mol. The highest BCUT2D eigenvalue weighted by Gasteiger charge is 2.43. The topological polar surface area (TPSA) is 127 Å². The molecule has 7 nitrogen and oxygen atoms in total. The third kappa shape index (κ3) is 5.83. The molecule has 0 bridgehead atoms. The first-order valence-corrected chi connectivity index (χ1v) is 12.3. The number of Topliss-reactive ketones (excluding diaryl/α,β-unsaturated/α-hetero) is 1. The van der Waals surface area contributed by atoms with Crippen molar-refractivity contribution in [1.82, 2.24) is 0 Å². The van der Waals surface area contributed by atoms with Gasteiger partial charge in [-0.05, 0) is 71.9 Å². The quantitative estimate of drug-likeness (QED) is 0.286. The predicted molar refractivity (Wildman–Crippen MR) is 142 cm³/mol. The summed E-state index contributed by atoms with van der Waals surface area (Å²) in [7, 11) is 0. The zero-order valence-electron chi connectivity index (χ0n) is 22.0. The Morgan fingerprint density at radius 1 is 1.00 bits per heavy atom. The minimum Gasteiger partial charge on any atom is -0.508 e. The van der Waals surface area contributed by atoms with Crippen molar-refractivity contribution < 1.29 is 35.1 Å². The molecule has 2 aromatic rings. The van der Waals surface area contributed by atoms with E-state index in [1.807, 2.05) is 40.7 Å². The number of aromatic hydroxyl groups is 4. The summed E-state index contributed by atoms with van der Waals surface area (Å²) in [5, 5.41) is 53.4. The predicted octanol–water partition coefficient (Wildman–Crippen LogP) is 5.79. The van der Waals surface area contributed by atoms with E-state index in [2.05, 4.69) is 12.7 Å². The molecule has 0 amide bonds. The summed E-state index contributed by atoms with van der Waals surface area (Å²) < 4.78 is 6.11. The molecule has 1 aliphatic heterocycles. The second-order valence-electron chi connectivity index (χ2n) is 10.2. The molecule has 198 valence electrons. The van der Waals surface area contributed by atoms with Gasteiger partial charge in [-0.15, -0.1) is 0 Å². The maximum Gasteiger partial charge on any atom is 0.202 e. The van der Waals surface area contributed by atoms with Gasteiger partial charge in [-0.3, -0.25) is 4.79 Å². The number of aliphatic hydroxyl groups excluding tert-OH is 1. The van der Waals surface area contributed by atoms with E-state index < -0.39 is 23.7 Å². The van der Waals surface area contributed by atoms with Crippen molar-refractivity contribution in [2.24, 2.45) is 5.92 Å². The molecule has 3 atom stereocenters. The van der Waals surface area contributed by atoms with Gasteiger partial charge in [-0.25, -0.2) is 0 Å². The lowest BCUT2D eigenvalue weighted by molar-refractivity contribution is 0.0197. The summed E-state index contributed by atoms with van der Waals surface area (Å²) in [6, 6.07) is 3.74. The number of carbonyl (C=O) groups is 1. The lowest BCUT2D eigenvalue weighted by Crippen LogP contribution is -2.37. The van der Waals surface area contributed by atoms with Crippen LogP contribution in [0.25, 0.3) is 0 Å². The second-order valence-corrected chi connectivity index (χ2v) is 10.2. The van der Waals surface area contributed by atoms with Crippen molar-refractivity contribution >= 4 is 5.78 Å². The van der Waals surface area contributed by atoms with Crippen molar-refractivity contribution in [3.8, 4) is 28.7 Å². The number of ketones is 1. The van der Waals surface area contributed by atoms with E-state index in [-0.39, 0.29) is 58.4 Å². The number of benzene rings is 2. The first kappa shape index (κ1) is 27.9. The number of allylic oxidation sites excluding steroid dienone is 5. The molecule has 0 fully saturated rings. The van der Waals surface area contributed by atoms with Gasteiger partial charge in [0.2, 0.25) is 5.78 Å². The number of fused-ring (bicyclic) bond motifs is 1. The molecule has 0 saturated carbocycles. The van der Waals surface area contributed by atoms with E-state index in [1.165, 1.54) is 12.1 Å². The number of hydrogen-bond acceptors (Lipinski definition) is 7. The average Bonchev–Trinajstić information content (AvgIpc) is 2.80. The van der Waals surface area contributed by atoms with Crippen molar-refractivity contribution in [3.63, 3.8) is 0 Å². The lowest BCUT2D eigenvalue weighted by Gasteiger charge is -2.33. The van der Waals surface area contributed by atoms with Gasteiger partial charge in [0.05, 0.1) is 0 Å². The highest BCUT2D eigenvalue weighted by atomic mass is 16.5. The third-order valence-corrected chi connectivity index (χ3v) is 6.64. The molecule has 0 aliphatic carbocycles. The van der Waals surface area contributed by atoms with Crippen LogP contribution in [-0.2, 0) is 12.8 Å². The van der Waals surface area contributed by atoms with Crippen LogP contribution in [0, 0.1) is 5.92 Å². The van der Waals surface area contributed by atoms with Gasteiger partial charge in [0.1, 0.15) is 34.3 Å². The Morgan fingerprint density at radius 2 is 1.65 bits per heavy atom. The van der Waals surface area contributed by atoms with Gasteiger partial charge in [-0.2, -0.15) is 0 Å². The maximum absolute atomic E-state index is 13.4. The number of phenolic OH excluding ortho intramolecular Hbond substituents is 4. The van der Waals surface area contributed by atoms with E-state index in [1.54, 1.807) is 0 Å². The van der Waals surface area contributed by atoms with Crippen LogP contribution in [0.15, 0.2) is 53.6 Å². The minimum absolute atomic E-state index is 0.0350. The summed E-state index contributed by atoms with van der Waals surface area (Å²) >= 11 is 0. The molecule has 3 rings (SSSR count). The molecule has 2 aromatic carbocycles. The van der Waals surface area contributed by atoms with E-state index in [0.717, 1.165) is 22.8 Å². The highest BCUT2D eigenvalue weighted by Crippen LogP contribution is 2.50. The number of phenols is 4. The first-order valence-electron chi connectivity index (χ1n) is 12.3. The first-order chi connectivity index (χ1) is 17.3. The van der Waals surface area contributed by atoms with Gasteiger partial charge >= 0.3 is 0 Å². The van der Waals surface area contributed by atoms with Gasteiger partial charge in [-0.1, -0.05) is 35.5 Å². The van der Waals surface area contributed by atoms with Crippen LogP contribution in [0.1, 0.15) is 74.2 Å². The SMILES string of the molecule is C=C(C)C(CC=C(C)C)Cc1c(O)c(CC=C(C)C)c(O)c2c1OC(c1ccc(O)cc1O)C(O)C2=O. The molecular weight excluding hydrogens is 472 g/mol. The number of carbonyl (C=O) groups excluding carboxylic acids is 1. The van der Waals surface area contributed by atoms with E-state index in [9.17, 15) is 30.3 Å². The molecule has 3 unspecified atom stereocenters. The summed E-state index contributed by atoms with van der Waals surface area (Å²) in [5.74, 6) is -2.10. The summed E-state index contributed by atoms with van der Waals surface area (Å²) in [4.78, 5) is 13.4. The molecule has 37 heavy (non-hydrogen) atoms. The largest absolute Gasteiger partial charge is 0.508 e. The van der Waals surface area contributed by atoms with Gasteiger partial charge in [0.25, 0.3) is 0 Å². The van der Waals surface area contributed by atoms with Crippen LogP contribution in [0.3, 0.4) is 0 Å². The fourth-order valence-electron chi connectivity index (χ4n) is 4.42. The van der Waals surface area contributed by atoms with Crippen LogP contribution >= 0.6 is 0 Å². The summed E-state index contributed by atoms with van der Waals surface area (Å²) in [6.45, 7) is 13.8. The van der Waals surface area contributed by atoms with Crippen molar-refractivity contribution in [1.29, 1.82) is 0 Å². The standard InChI is InChI=1S/C30H36O7/c1-15(2)7-9-18(17(5)6)13-22-25(33)21(11-8-16(3)4)26(34)24-27(35)28(36)30(37-29(22)24)20-12-10-19(31)14-23(20)32/h7-8,10,12,14,18,28,30-34,36H,5,9,11,13H2,1-4,6H3. The van der Waals surface area contributed by atoms with Crippen molar-refractivity contribution in [3.05, 3.63) is 75.9 Å². The Morgan fingerprint density at radius 3 is 2.22 bits per heavy atom. The molecule has 5 N–H and O–H groups in total. The summed E-state index contributed by atoms with van der Waals surface area (Å²) in [6.07, 6.45) is 1.94. The van der Waals surface area contributed by atoms with Gasteiger partial charge in [0, 0.05) is 22.8 Å². The fourth-order valence-corrected chi connectivity index (χ4v) is 4.42. The normalized spacial score (nSPS) is 17.4. The van der Waals surface area contributed by atoms with Gasteiger partial charge < -0.3 is 30.3 Å². The van der Waals surface area contributed by atoms with Crippen LogP contribution in [-0.4, -0.2) is 37.4 Å². The smallest absolute Gasteiger partial charge is 0.202 e. The molecule has 0 saturated heterocycles. The molecule has 0 radical (unpaired) electrons. The molecule has 1 aliphatic rings. The van der Waals surface area contributed by atoms with Crippen LogP contribution in [0.4, 0.5) is 0 Å². The van der Waals surface area contributed by atoms with E-state index in [4.69, 9.17) is 4.74 Å². The molecule has 0 aromatic heterocycles. The molecule has 1 heterocycles. The molecule has 0 spiro atoms. The van der Waals surface area contributed by atoms with Crippen LogP contribution in [0.5, 0.6) is 28.7 Å². The Balaban J connectivity index is 2.24. The van der Waals surface area contributed by atoms with E-state index >= 15 is 0 Å². The van der Waals surface area contributed by atoms with Crippen molar-refractivity contribution in [2.75, 3.05) is 0 Å².